The van der Waals surface area contributed by atoms with Gasteiger partial charge in [0.05, 0.1) is 6.04 Å². The average molecular weight is 235 g/mol. The molecule has 1 aromatic heterocycles. The van der Waals surface area contributed by atoms with Crippen molar-refractivity contribution in [2.24, 2.45) is 5.73 Å². The molecule has 0 aliphatic rings. The van der Waals surface area contributed by atoms with Crippen molar-refractivity contribution in [2.45, 2.75) is 19.9 Å². The number of halogens is 1. The topological polar surface area (TPSA) is 26.0 Å². The summed E-state index contributed by atoms with van der Waals surface area (Å²) in [5.41, 5.74) is 8.35. The van der Waals surface area contributed by atoms with Crippen LogP contribution in [0.3, 0.4) is 0 Å². The van der Waals surface area contributed by atoms with Gasteiger partial charge in [0.1, 0.15) is 5.82 Å². The van der Waals surface area contributed by atoms with Gasteiger partial charge in [-0.3, -0.25) is 0 Å². The molecule has 16 heavy (non-hydrogen) atoms. The molecule has 1 aromatic carbocycles. The first-order valence-corrected chi connectivity index (χ1v) is 5.97. The van der Waals surface area contributed by atoms with E-state index in [-0.39, 0.29) is 11.9 Å². The maximum absolute atomic E-state index is 12.8. The molecule has 0 spiro atoms. The predicted molar refractivity (Wildman–Crippen MR) is 66.2 cm³/mol. The molecule has 0 amide bonds. The molecule has 1 nitrogen and oxygen atoms in total. The van der Waals surface area contributed by atoms with Gasteiger partial charge < -0.3 is 5.73 Å². The van der Waals surface area contributed by atoms with Crippen LogP contribution in [-0.2, 0) is 0 Å². The van der Waals surface area contributed by atoms with Crippen molar-refractivity contribution in [1.29, 1.82) is 0 Å². The van der Waals surface area contributed by atoms with E-state index in [1.54, 1.807) is 23.5 Å². The van der Waals surface area contributed by atoms with E-state index in [1.807, 2.05) is 0 Å². The largest absolute Gasteiger partial charge is 0.320 e. The molecule has 2 N–H and O–H groups in total. The molecule has 1 atom stereocenters. The second kappa shape index (κ2) is 4.36. The predicted octanol–water partition coefficient (Wildman–Crippen LogP) is 3.55. The minimum Gasteiger partial charge on any atom is -0.320 e. The third kappa shape index (κ3) is 2.15. The van der Waals surface area contributed by atoms with Gasteiger partial charge in [0, 0.05) is 9.75 Å². The van der Waals surface area contributed by atoms with Gasteiger partial charge in [-0.1, -0.05) is 12.1 Å². The summed E-state index contributed by atoms with van der Waals surface area (Å²) < 4.78 is 12.8. The Bertz CT molecular complexity index is 468. The summed E-state index contributed by atoms with van der Waals surface area (Å²) in [6.45, 7) is 4.16. The summed E-state index contributed by atoms with van der Waals surface area (Å²) >= 11 is 1.70. The summed E-state index contributed by atoms with van der Waals surface area (Å²) in [4.78, 5) is 2.41. The fourth-order valence-electron chi connectivity index (χ4n) is 1.59. The van der Waals surface area contributed by atoms with Gasteiger partial charge in [-0.05, 0) is 43.2 Å². The number of aryl methyl sites for hydroxylation is 2. The molecule has 0 saturated carbocycles. The second-order valence-electron chi connectivity index (χ2n) is 3.92. The lowest BCUT2D eigenvalue weighted by Gasteiger charge is -2.09. The molecule has 1 heterocycles. The fraction of sp³-hybridized carbons (Fsp3) is 0.231. The monoisotopic (exact) mass is 235 g/mol. The zero-order valence-electron chi connectivity index (χ0n) is 9.33. The number of nitrogens with two attached hydrogens (primary N) is 1. The highest BCUT2D eigenvalue weighted by atomic mass is 32.1. The van der Waals surface area contributed by atoms with Crippen LogP contribution in [0.2, 0.25) is 0 Å². The Labute approximate surface area is 98.7 Å². The summed E-state index contributed by atoms with van der Waals surface area (Å²) in [5.74, 6) is -0.227. The van der Waals surface area contributed by atoms with Crippen molar-refractivity contribution in [2.75, 3.05) is 0 Å². The van der Waals surface area contributed by atoms with Crippen molar-refractivity contribution < 1.29 is 4.39 Å². The van der Waals surface area contributed by atoms with Crippen molar-refractivity contribution in [3.8, 4) is 0 Å². The van der Waals surface area contributed by atoms with Gasteiger partial charge in [0.2, 0.25) is 0 Å². The first-order valence-electron chi connectivity index (χ1n) is 5.16. The second-order valence-corrected chi connectivity index (χ2v) is 5.21. The molecule has 84 valence electrons. The van der Waals surface area contributed by atoms with E-state index < -0.39 is 0 Å². The van der Waals surface area contributed by atoms with Crippen LogP contribution in [0.1, 0.15) is 26.9 Å². The molecule has 0 saturated heterocycles. The van der Waals surface area contributed by atoms with E-state index in [0.717, 1.165) is 10.4 Å². The van der Waals surface area contributed by atoms with Gasteiger partial charge in [-0.2, -0.15) is 0 Å². The summed E-state index contributed by atoms with van der Waals surface area (Å²) in [6, 6.07) is 8.33. The van der Waals surface area contributed by atoms with E-state index in [1.165, 1.54) is 22.6 Å². The number of hydrogen-bond acceptors (Lipinski definition) is 2. The molecular formula is C13H14FNS. The minimum atomic E-state index is -0.227. The number of rotatable bonds is 2. The standard InChI is InChI=1S/C13H14FNS/c1-8-7-12(16-9(8)2)13(15)10-3-5-11(14)6-4-10/h3-7,13H,15H2,1-2H3. The zero-order valence-corrected chi connectivity index (χ0v) is 10.1. The molecule has 0 radical (unpaired) electrons. The smallest absolute Gasteiger partial charge is 0.123 e. The van der Waals surface area contributed by atoms with Crippen molar-refractivity contribution in [1.82, 2.24) is 0 Å². The van der Waals surface area contributed by atoms with Crippen molar-refractivity contribution in [3.05, 3.63) is 57.0 Å². The fourth-order valence-corrected chi connectivity index (χ4v) is 2.66. The minimum absolute atomic E-state index is 0.155. The third-order valence-corrected chi connectivity index (χ3v) is 3.96. The highest BCUT2D eigenvalue weighted by Crippen LogP contribution is 2.29. The van der Waals surface area contributed by atoms with E-state index in [0.29, 0.717) is 0 Å². The van der Waals surface area contributed by atoms with Crippen LogP contribution in [0.25, 0.3) is 0 Å². The zero-order chi connectivity index (χ0) is 11.7. The lowest BCUT2D eigenvalue weighted by molar-refractivity contribution is 0.626. The molecule has 1 unspecified atom stereocenters. The maximum atomic E-state index is 12.8. The molecular weight excluding hydrogens is 221 g/mol. The van der Waals surface area contributed by atoms with Crippen molar-refractivity contribution >= 4 is 11.3 Å². The average Bonchev–Trinajstić information content (AvgIpc) is 2.59. The van der Waals surface area contributed by atoms with Crippen LogP contribution >= 0.6 is 11.3 Å². The number of benzene rings is 1. The first-order chi connectivity index (χ1) is 7.58. The molecule has 0 bridgehead atoms. The van der Waals surface area contributed by atoms with Crippen LogP contribution in [-0.4, -0.2) is 0 Å². The number of hydrogen-bond donors (Lipinski definition) is 1. The molecule has 2 rings (SSSR count). The molecule has 2 aromatic rings. The van der Waals surface area contributed by atoms with Gasteiger partial charge >= 0.3 is 0 Å². The summed E-state index contributed by atoms with van der Waals surface area (Å²) in [6.07, 6.45) is 0. The van der Waals surface area contributed by atoms with Crippen LogP contribution in [0, 0.1) is 19.7 Å². The highest BCUT2D eigenvalue weighted by molar-refractivity contribution is 7.12. The Balaban J connectivity index is 2.31. The molecule has 0 aliphatic heterocycles. The quantitative estimate of drug-likeness (QED) is 0.846. The highest BCUT2D eigenvalue weighted by Gasteiger charge is 2.12. The Hall–Kier alpha value is -1.19. The third-order valence-electron chi connectivity index (χ3n) is 2.72. The van der Waals surface area contributed by atoms with Gasteiger partial charge in [-0.25, -0.2) is 4.39 Å². The maximum Gasteiger partial charge on any atom is 0.123 e. The Morgan fingerprint density at radius 3 is 2.31 bits per heavy atom. The molecule has 0 aliphatic carbocycles. The first kappa shape index (κ1) is 11.3. The Kier molecular flexibility index (Phi) is 3.08. The van der Waals surface area contributed by atoms with Crippen LogP contribution in [0.5, 0.6) is 0 Å². The van der Waals surface area contributed by atoms with Gasteiger partial charge in [0.15, 0.2) is 0 Å². The van der Waals surface area contributed by atoms with E-state index >= 15 is 0 Å². The van der Waals surface area contributed by atoms with E-state index in [2.05, 4.69) is 19.9 Å². The van der Waals surface area contributed by atoms with Gasteiger partial charge in [0.25, 0.3) is 0 Å². The van der Waals surface area contributed by atoms with E-state index in [4.69, 9.17) is 5.73 Å². The normalized spacial score (nSPS) is 12.8. The van der Waals surface area contributed by atoms with Crippen LogP contribution < -0.4 is 5.73 Å². The Morgan fingerprint density at radius 2 is 1.81 bits per heavy atom. The van der Waals surface area contributed by atoms with E-state index in [9.17, 15) is 4.39 Å². The summed E-state index contributed by atoms with van der Waals surface area (Å²) in [7, 11) is 0. The molecule has 0 fully saturated rings. The van der Waals surface area contributed by atoms with Gasteiger partial charge in [-0.15, -0.1) is 11.3 Å². The van der Waals surface area contributed by atoms with Crippen LogP contribution in [0.4, 0.5) is 4.39 Å². The van der Waals surface area contributed by atoms with Crippen molar-refractivity contribution in [3.63, 3.8) is 0 Å². The molecule has 3 heteroatoms. The Morgan fingerprint density at radius 1 is 1.19 bits per heavy atom. The number of thiophene rings is 1. The van der Waals surface area contributed by atoms with Crippen LogP contribution in [0.15, 0.2) is 30.3 Å². The lowest BCUT2D eigenvalue weighted by atomic mass is 10.1. The summed E-state index contributed by atoms with van der Waals surface area (Å²) in [5, 5.41) is 0. The SMILES string of the molecule is Cc1cc(C(N)c2ccc(F)cc2)sc1C. The lowest BCUT2D eigenvalue weighted by Crippen LogP contribution is -2.09.